The Kier molecular flexibility index (Phi) is 5.71. The number of likely N-dealkylation sites (tertiary alicyclic amines) is 1. The number of nitrogens with zero attached hydrogens (tertiary/aromatic N) is 3. The Bertz CT molecular complexity index is 728. The van der Waals surface area contributed by atoms with Gasteiger partial charge in [0.2, 0.25) is 0 Å². The molecule has 1 aromatic heterocycles. The number of nitrogens with one attached hydrogen (secondary N) is 1. The van der Waals surface area contributed by atoms with Gasteiger partial charge in [-0.3, -0.25) is 15.0 Å². The van der Waals surface area contributed by atoms with E-state index in [1.54, 1.807) is 0 Å². The molecule has 3 rings (SSSR count). The quantitative estimate of drug-likeness (QED) is 0.885. The van der Waals surface area contributed by atoms with E-state index in [1.165, 1.54) is 24.2 Å². The third-order valence-corrected chi connectivity index (χ3v) is 5.33. The van der Waals surface area contributed by atoms with Gasteiger partial charge in [0.1, 0.15) is 0 Å². The third-order valence-electron chi connectivity index (χ3n) is 4.52. The summed E-state index contributed by atoms with van der Waals surface area (Å²) < 4.78 is 0. The van der Waals surface area contributed by atoms with Crippen LogP contribution in [0.2, 0.25) is 0 Å². The van der Waals surface area contributed by atoms with Crippen LogP contribution in [0.3, 0.4) is 0 Å². The molecule has 1 N–H and O–H groups in total. The zero-order chi connectivity index (χ0) is 17.8. The van der Waals surface area contributed by atoms with E-state index in [9.17, 15) is 4.79 Å². The van der Waals surface area contributed by atoms with E-state index < -0.39 is 0 Å². The van der Waals surface area contributed by atoms with Crippen molar-refractivity contribution in [1.82, 2.24) is 9.88 Å². The van der Waals surface area contributed by atoms with Crippen LogP contribution in [0, 0.1) is 5.92 Å². The molecule has 5 nitrogen and oxygen atoms in total. The molecule has 1 aromatic carbocycles. The summed E-state index contributed by atoms with van der Waals surface area (Å²) in [6.45, 7) is 5.45. The molecule has 134 valence electrons. The van der Waals surface area contributed by atoms with Crippen molar-refractivity contribution in [3.05, 3.63) is 40.9 Å². The van der Waals surface area contributed by atoms with Crippen LogP contribution in [0.5, 0.6) is 0 Å². The van der Waals surface area contributed by atoms with Crippen molar-refractivity contribution in [2.75, 3.05) is 37.4 Å². The lowest BCUT2D eigenvalue weighted by atomic mass is 10.0. The van der Waals surface area contributed by atoms with Crippen LogP contribution in [0.15, 0.2) is 29.6 Å². The predicted molar refractivity (Wildman–Crippen MR) is 105 cm³/mol. The number of hydrogen-bond donors (Lipinski definition) is 1. The maximum atomic E-state index is 12.5. The fourth-order valence-corrected chi connectivity index (χ4v) is 3.89. The van der Waals surface area contributed by atoms with E-state index in [4.69, 9.17) is 0 Å². The SMILES string of the molecule is CC1CCCN(Cc2csc(NC(=O)c3cccc(N(C)C)c3)n2)C1. The van der Waals surface area contributed by atoms with Crippen molar-refractivity contribution in [2.45, 2.75) is 26.3 Å². The first-order valence-electron chi connectivity index (χ1n) is 8.77. The average molecular weight is 359 g/mol. The lowest BCUT2D eigenvalue weighted by Crippen LogP contribution is -2.33. The van der Waals surface area contributed by atoms with E-state index in [1.807, 2.05) is 48.6 Å². The first-order chi connectivity index (χ1) is 12.0. The van der Waals surface area contributed by atoms with Crippen LogP contribution in [-0.2, 0) is 6.54 Å². The highest BCUT2D eigenvalue weighted by molar-refractivity contribution is 7.13. The molecule has 0 spiro atoms. The Morgan fingerprint density at radius 1 is 1.44 bits per heavy atom. The monoisotopic (exact) mass is 358 g/mol. The maximum absolute atomic E-state index is 12.5. The zero-order valence-electron chi connectivity index (χ0n) is 15.2. The summed E-state index contributed by atoms with van der Waals surface area (Å²) in [4.78, 5) is 21.5. The normalized spacial score (nSPS) is 18.1. The molecule has 2 aromatic rings. The van der Waals surface area contributed by atoms with Crippen molar-refractivity contribution in [3.8, 4) is 0 Å². The summed E-state index contributed by atoms with van der Waals surface area (Å²) in [6, 6.07) is 7.60. The molecule has 1 unspecified atom stereocenters. The van der Waals surface area contributed by atoms with Crippen LogP contribution in [0.25, 0.3) is 0 Å². The van der Waals surface area contributed by atoms with E-state index in [-0.39, 0.29) is 5.91 Å². The number of amides is 1. The van der Waals surface area contributed by atoms with Gasteiger partial charge in [0.15, 0.2) is 5.13 Å². The van der Waals surface area contributed by atoms with E-state index >= 15 is 0 Å². The van der Waals surface area contributed by atoms with Crippen LogP contribution in [0.4, 0.5) is 10.8 Å². The Morgan fingerprint density at radius 2 is 2.28 bits per heavy atom. The molecule has 1 aliphatic rings. The minimum absolute atomic E-state index is 0.115. The molecule has 25 heavy (non-hydrogen) atoms. The fourth-order valence-electron chi connectivity index (χ4n) is 3.19. The van der Waals surface area contributed by atoms with E-state index in [0.29, 0.717) is 10.7 Å². The molecular formula is C19H26N4OS. The van der Waals surface area contributed by atoms with Gasteiger partial charge in [-0.25, -0.2) is 4.98 Å². The highest BCUT2D eigenvalue weighted by Gasteiger charge is 2.17. The second-order valence-electron chi connectivity index (χ2n) is 7.03. The van der Waals surface area contributed by atoms with Crippen molar-refractivity contribution in [3.63, 3.8) is 0 Å². The van der Waals surface area contributed by atoms with Gasteiger partial charge in [-0.15, -0.1) is 11.3 Å². The van der Waals surface area contributed by atoms with Gasteiger partial charge in [0, 0.05) is 43.8 Å². The maximum Gasteiger partial charge on any atom is 0.257 e. The summed E-state index contributed by atoms with van der Waals surface area (Å²) in [5, 5.41) is 5.64. The molecular weight excluding hydrogens is 332 g/mol. The highest BCUT2D eigenvalue weighted by atomic mass is 32.1. The summed E-state index contributed by atoms with van der Waals surface area (Å²) in [6.07, 6.45) is 2.58. The van der Waals surface area contributed by atoms with E-state index in [2.05, 4.69) is 22.1 Å². The van der Waals surface area contributed by atoms with Gasteiger partial charge in [-0.1, -0.05) is 13.0 Å². The van der Waals surface area contributed by atoms with Gasteiger partial charge in [-0.2, -0.15) is 0 Å². The van der Waals surface area contributed by atoms with Crippen LogP contribution in [0.1, 0.15) is 35.8 Å². The average Bonchev–Trinajstić information content (AvgIpc) is 3.02. The van der Waals surface area contributed by atoms with Gasteiger partial charge < -0.3 is 4.90 Å². The van der Waals surface area contributed by atoms with Gasteiger partial charge in [0.25, 0.3) is 5.91 Å². The summed E-state index contributed by atoms with van der Waals surface area (Å²) in [5.74, 6) is 0.645. The van der Waals surface area contributed by atoms with Gasteiger partial charge >= 0.3 is 0 Å². The number of piperidine rings is 1. The number of thiazole rings is 1. The van der Waals surface area contributed by atoms with E-state index in [0.717, 1.165) is 36.9 Å². The number of benzene rings is 1. The molecule has 1 fully saturated rings. The molecule has 1 amide bonds. The first-order valence-corrected chi connectivity index (χ1v) is 9.64. The summed E-state index contributed by atoms with van der Waals surface area (Å²) in [5.41, 5.74) is 2.69. The van der Waals surface area contributed by atoms with Crippen LogP contribution in [-0.4, -0.2) is 43.0 Å². The van der Waals surface area contributed by atoms with Crippen molar-refractivity contribution in [1.29, 1.82) is 0 Å². The Morgan fingerprint density at radius 3 is 3.04 bits per heavy atom. The number of rotatable bonds is 5. The van der Waals surface area contributed by atoms with Crippen molar-refractivity contribution in [2.24, 2.45) is 5.92 Å². The molecule has 0 bridgehead atoms. The zero-order valence-corrected chi connectivity index (χ0v) is 16.0. The molecule has 0 radical (unpaired) electrons. The topological polar surface area (TPSA) is 48.5 Å². The Labute approximate surface area is 153 Å². The standard InChI is InChI=1S/C19H26N4OS/c1-14-6-5-9-23(11-14)12-16-13-25-19(20-16)21-18(24)15-7-4-8-17(10-15)22(2)3/h4,7-8,10,13-14H,5-6,9,11-12H2,1-3H3,(H,20,21,24). The van der Waals surface area contributed by atoms with Crippen LogP contribution >= 0.6 is 11.3 Å². The minimum atomic E-state index is -0.115. The molecule has 0 aliphatic carbocycles. The molecule has 2 heterocycles. The fraction of sp³-hybridized carbons (Fsp3) is 0.474. The summed E-state index contributed by atoms with van der Waals surface area (Å²) >= 11 is 1.49. The predicted octanol–water partition coefficient (Wildman–Crippen LogP) is 3.69. The van der Waals surface area contributed by atoms with Crippen molar-refractivity contribution >= 4 is 28.1 Å². The van der Waals surface area contributed by atoms with Gasteiger partial charge in [0.05, 0.1) is 5.69 Å². The largest absolute Gasteiger partial charge is 0.378 e. The first kappa shape index (κ1) is 17.9. The smallest absolute Gasteiger partial charge is 0.257 e. The molecule has 1 saturated heterocycles. The molecule has 1 aliphatic heterocycles. The van der Waals surface area contributed by atoms with Gasteiger partial charge in [-0.05, 0) is 43.5 Å². The van der Waals surface area contributed by atoms with Crippen molar-refractivity contribution < 1.29 is 4.79 Å². The lowest BCUT2D eigenvalue weighted by molar-refractivity contribution is 0.102. The van der Waals surface area contributed by atoms with Crippen LogP contribution < -0.4 is 10.2 Å². The Balaban J connectivity index is 1.61. The number of hydrogen-bond acceptors (Lipinski definition) is 5. The highest BCUT2D eigenvalue weighted by Crippen LogP contribution is 2.22. The molecule has 1 atom stereocenters. The molecule has 6 heteroatoms. The number of carbonyl (C=O) groups is 1. The summed E-state index contributed by atoms with van der Waals surface area (Å²) in [7, 11) is 3.93. The second-order valence-corrected chi connectivity index (χ2v) is 7.88. The molecule has 0 saturated carbocycles. The number of aromatic nitrogens is 1. The number of anilines is 2. The third kappa shape index (κ3) is 4.80. The lowest BCUT2D eigenvalue weighted by Gasteiger charge is -2.30. The second kappa shape index (κ2) is 7.97. The Hall–Kier alpha value is -1.92. The number of carbonyl (C=O) groups excluding carboxylic acids is 1. The minimum Gasteiger partial charge on any atom is -0.378 e.